The summed E-state index contributed by atoms with van der Waals surface area (Å²) < 4.78 is 0. The zero-order chi connectivity index (χ0) is 15.9. The summed E-state index contributed by atoms with van der Waals surface area (Å²) in [4.78, 5) is 15.9. The first kappa shape index (κ1) is 15.0. The summed E-state index contributed by atoms with van der Waals surface area (Å²) in [5, 5.41) is 2.91. The second kappa shape index (κ2) is 7.36. The standard InChI is InChI=1S/C20H18N2O/c23-20(19-7-4-13-21-15-19)22-14-12-16-8-10-18(11-9-16)17-5-2-1-3-6-17/h1-11,13,15H,12,14H2,(H,22,23). The van der Waals surface area contributed by atoms with Crippen LogP contribution >= 0.6 is 0 Å². The number of rotatable bonds is 5. The molecule has 2 aromatic carbocycles. The van der Waals surface area contributed by atoms with Crippen molar-refractivity contribution in [1.29, 1.82) is 0 Å². The van der Waals surface area contributed by atoms with Crippen molar-refractivity contribution in [3.05, 3.63) is 90.3 Å². The average molecular weight is 302 g/mol. The molecule has 0 aliphatic heterocycles. The molecule has 0 saturated heterocycles. The zero-order valence-electron chi connectivity index (χ0n) is 12.8. The Morgan fingerprint density at radius 2 is 1.61 bits per heavy atom. The molecule has 0 bridgehead atoms. The Labute approximate surface area is 136 Å². The van der Waals surface area contributed by atoms with E-state index < -0.39 is 0 Å². The molecule has 23 heavy (non-hydrogen) atoms. The van der Waals surface area contributed by atoms with Gasteiger partial charge < -0.3 is 5.32 Å². The van der Waals surface area contributed by atoms with Crippen molar-refractivity contribution in [2.75, 3.05) is 6.54 Å². The molecule has 0 fully saturated rings. The smallest absolute Gasteiger partial charge is 0.252 e. The van der Waals surface area contributed by atoms with E-state index >= 15 is 0 Å². The third kappa shape index (κ3) is 4.04. The van der Waals surface area contributed by atoms with Gasteiger partial charge in [-0.2, -0.15) is 0 Å². The van der Waals surface area contributed by atoms with Crippen molar-refractivity contribution in [2.45, 2.75) is 6.42 Å². The van der Waals surface area contributed by atoms with E-state index in [4.69, 9.17) is 0 Å². The van der Waals surface area contributed by atoms with Gasteiger partial charge in [0, 0.05) is 18.9 Å². The van der Waals surface area contributed by atoms with E-state index in [-0.39, 0.29) is 5.91 Å². The number of amides is 1. The number of nitrogens with zero attached hydrogens (tertiary/aromatic N) is 1. The number of hydrogen-bond acceptors (Lipinski definition) is 2. The molecule has 3 rings (SSSR count). The lowest BCUT2D eigenvalue weighted by Gasteiger charge is -2.06. The molecule has 3 heteroatoms. The van der Waals surface area contributed by atoms with Crippen LogP contribution in [-0.2, 0) is 6.42 Å². The third-order valence-corrected chi connectivity index (χ3v) is 3.68. The van der Waals surface area contributed by atoms with E-state index in [1.807, 2.05) is 18.2 Å². The fourth-order valence-corrected chi connectivity index (χ4v) is 2.41. The fraction of sp³-hybridized carbons (Fsp3) is 0.100. The second-order valence-corrected chi connectivity index (χ2v) is 5.31. The highest BCUT2D eigenvalue weighted by Gasteiger charge is 2.04. The van der Waals surface area contributed by atoms with Gasteiger partial charge in [-0.3, -0.25) is 9.78 Å². The first-order valence-electron chi connectivity index (χ1n) is 7.65. The lowest BCUT2D eigenvalue weighted by atomic mass is 10.0. The summed E-state index contributed by atoms with van der Waals surface area (Å²) >= 11 is 0. The topological polar surface area (TPSA) is 42.0 Å². The lowest BCUT2D eigenvalue weighted by molar-refractivity contribution is 0.0954. The Morgan fingerprint density at radius 1 is 0.870 bits per heavy atom. The normalized spacial score (nSPS) is 10.3. The Hall–Kier alpha value is -2.94. The van der Waals surface area contributed by atoms with Gasteiger partial charge in [-0.15, -0.1) is 0 Å². The predicted molar refractivity (Wildman–Crippen MR) is 92.2 cm³/mol. The molecule has 1 N–H and O–H groups in total. The summed E-state index contributed by atoms with van der Waals surface area (Å²) in [5.74, 6) is -0.0843. The van der Waals surface area contributed by atoms with E-state index in [0.29, 0.717) is 12.1 Å². The molecule has 0 saturated carbocycles. The molecule has 1 aromatic heterocycles. The fourth-order valence-electron chi connectivity index (χ4n) is 2.41. The summed E-state index contributed by atoms with van der Waals surface area (Å²) in [7, 11) is 0. The van der Waals surface area contributed by atoms with Crippen molar-refractivity contribution >= 4 is 5.91 Å². The summed E-state index contributed by atoms with van der Waals surface area (Å²) in [5.41, 5.74) is 4.21. The Morgan fingerprint density at radius 3 is 2.30 bits per heavy atom. The summed E-state index contributed by atoms with van der Waals surface area (Å²) in [6, 6.07) is 22.3. The van der Waals surface area contributed by atoms with Crippen molar-refractivity contribution in [3.63, 3.8) is 0 Å². The number of pyridine rings is 1. The molecule has 0 spiro atoms. The largest absolute Gasteiger partial charge is 0.352 e. The van der Waals surface area contributed by atoms with Gasteiger partial charge in [-0.25, -0.2) is 0 Å². The van der Waals surface area contributed by atoms with Crippen LogP contribution in [0.1, 0.15) is 15.9 Å². The predicted octanol–water partition coefficient (Wildman–Crippen LogP) is 3.72. The molecule has 1 amide bonds. The number of aromatic nitrogens is 1. The Balaban J connectivity index is 1.54. The van der Waals surface area contributed by atoms with Gasteiger partial charge in [0.05, 0.1) is 5.56 Å². The lowest BCUT2D eigenvalue weighted by Crippen LogP contribution is -2.25. The number of hydrogen-bond donors (Lipinski definition) is 1. The van der Waals surface area contributed by atoms with Gasteiger partial charge in [0.15, 0.2) is 0 Å². The average Bonchev–Trinajstić information content (AvgIpc) is 2.64. The van der Waals surface area contributed by atoms with Crippen LogP contribution in [0.5, 0.6) is 0 Å². The third-order valence-electron chi connectivity index (χ3n) is 3.68. The molecule has 3 nitrogen and oxygen atoms in total. The highest BCUT2D eigenvalue weighted by molar-refractivity contribution is 5.93. The molecule has 0 aliphatic carbocycles. The molecule has 0 atom stereocenters. The number of carbonyl (C=O) groups is 1. The molecular formula is C20H18N2O. The van der Waals surface area contributed by atoms with E-state index in [1.165, 1.54) is 16.7 Å². The molecule has 0 radical (unpaired) electrons. The van der Waals surface area contributed by atoms with Crippen LogP contribution in [0, 0.1) is 0 Å². The van der Waals surface area contributed by atoms with E-state index in [0.717, 1.165) is 6.42 Å². The van der Waals surface area contributed by atoms with Crippen LogP contribution < -0.4 is 5.32 Å². The minimum atomic E-state index is -0.0843. The minimum absolute atomic E-state index is 0.0843. The quantitative estimate of drug-likeness (QED) is 0.780. The zero-order valence-corrected chi connectivity index (χ0v) is 12.8. The van der Waals surface area contributed by atoms with Gasteiger partial charge in [0.2, 0.25) is 0 Å². The second-order valence-electron chi connectivity index (χ2n) is 5.31. The van der Waals surface area contributed by atoms with Crippen molar-refractivity contribution in [1.82, 2.24) is 10.3 Å². The molecule has 1 heterocycles. The van der Waals surface area contributed by atoms with E-state index in [9.17, 15) is 4.79 Å². The SMILES string of the molecule is O=C(NCCc1ccc(-c2ccccc2)cc1)c1cccnc1. The van der Waals surface area contributed by atoms with Crippen LogP contribution in [0.3, 0.4) is 0 Å². The van der Waals surface area contributed by atoms with Crippen molar-refractivity contribution in [2.24, 2.45) is 0 Å². The first-order chi connectivity index (χ1) is 11.3. The summed E-state index contributed by atoms with van der Waals surface area (Å²) in [6.07, 6.45) is 4.04. The van der Waals surface area contributed by atoms with E-state index in [2.05, 4.69) is 46.7 Å². The molecule has 0 unspecified atom stereocenters. The first-order valence-corrected chi connectivity index (χ1v) is 7.65. The van der Waals surface area contributed by atoms with Crippen LogP contribution in [0.4, 0.5) is 0 Å². The summed E-state index contributed by atoms with van der Waals surface area (Å²) in [6.45, 7) is 0.610. The Bertz CT molecular complexity index is 753. The highest BCUT2D eigenvalue weighted by atomic mass is 16.1. The van der Waals surface area contributed by atoms with Crippen molar-refractivity contribution < 1.29 is 4.79 Å². The van der Waals surface area contributed by atoms with Gasteiger partial charge in [0.1, 0.15) is 0 Å². The highest BCUT2D eigenvalue weighted by Crippen LogP contribution is 2.19. The maximum atomic E-state index is 11.9. The molecule has 3 aromatic rings. The van der Waals surface area contributed by atoms with Crippen LogP contribution in [0.15, 0.2) is 79.1 Å². The maximum Gasteiger partial charge on any atom is 0.252 e. The van der Waals surface area contributed by atoms with Gasteiger partial charge in [-0.1, -0.05) is 54.6 Å². The minimum Gasteiger partial charge on any atom is -0.352 e. The number of nitrogens with one attached hydrogen (secondary N) is 1. The number of carbonyl (C=O) groups excluding carboxylic acids is 1. The maximum absolute atomic E-state index is 11.9. The number of benzene rings is 2. The monoisotopic (exact) mass is 302 g/mol. The molecule has 114 valence electrons. The van der Waals surface area contributed by atoms with Gasteiger partial charge in [-0.05, 0) is 35.2 Å². The molecular weight excluding hydrogens is 284 g/mol. The van der Waals surface area contributed by atoms with Crippen LogP contribution in [-0.4, -0.2) is 17.4 Å². The molecule has 0 aliphatic rings. The van der Waals surface area contributed by atoms with Gasteiger partial charge >= 0.3 is 0 Å². The van der Waals surface area contributed by atoms with E-state index in [1.54, 1.807) is 24.5 Å². The van der Waals surface area contributed by atoms with Crippen molar-refractivity contribution in [3.8, 4) is 11.1 Å². The van der Waals surface area contributed by atoms with Gasteiger partial charge in [0.25, 0.3) is 5.91 Å². The van der Waals surface area contributed by atoms with Crippen LogP contribution in [0.2, 0.25) is 0 Å². The Kier molecular flexibility index (Phi) is 4.79. The van der Waals surface area contributed by atoms with Crippen LogP contribution in [0.25, 0.3) is 11.1 Å².